The Morgan fingerprint density at radius 2 is 1.96 bits per heavy atom. The molecule has 0 saturated carbocycles. The van der Waals surface area contributed by atoms with Crippen LogP contribution in [0.25, 0.3) is 0 Å². The Morgan fingerprint density at radius 1 is 1.26 bits per heavy atom. The third kappa shape index (κ3) is 5.61. The largest absolute Gasteiger partial charge is 1.00 e. The van der Waals surface area contributed by atoms with Crippen molar-refractivity contribution >= 4 is 55.2 Å². The molecule has 0 atom stereocenters. The first-order chi connectivity index (χ1) is 12.3. The van der Waals surface area contributed by atoms with Gasteiger partial charge in [-0.25, -0.2) is 0 Å². The van der Waals surface area contributed by atoms with Crippen LogP contribution in [0.2, 0.25) is 5.02 Å². The molecule has 1 aliphatic rings. The minimum Gasteiger partial charge on any atom is -0.714 e. The minimum absolute atomic E-state index is 0. The number of hydrogen-bond acceptors (Lipinski definition) is 6. The summed E-state index contributed by atoms with van der Waals surface area (Å²) in [5.74, 6) is -0.252. The average molecular weight is 498 g/mol. The van der Waals surface area contributed by atoms with Crippen LogP contribution >= 0.6 is 27.5 Å². The molecule has 1 heterocycles. The SMILES string of the molecule is O=C(c1ccccc1Br)N1CC/C(=N\OS(=O)(=O)[O-])c2ccc(Cl)cc21.[K+]. The van der Waals surface area contributed by atoms with Gasteiger partial charge in [0.15, 0.2) is 0 Å². The standard InChI is InChI=1S/C16H12BrClN2O5S.K/c17-13-4-2-1-3-11(13)16(21)20-8-7-14(19-25-26(22,23)24)12-6-5-10(18)9-15(12)20;/h1-6,9H,7-8H2,(H,22,23,24);/q;+1/p-1/b19-14+;. The van der Waals surface area contributed by atoms with Crippen LogP contribution in [0.15, 0.2) is 52.1 Å². The van der Waals surface area contributed by atoms with Crippen molar-refractivity contribution in [3.8, 4) is 0 Å². The van der Waals surface area contributed by atoms with Gasteiger partial charge in [-0.3, -0.25) is 9.08 Å². The molecule has 2 aromatic rings. The van der Waals surface area contributed by atoms with Gasteiger partial charge in [0, 0.05) is 28.0 Å². The van der Waals surface area contributed by atoms with E-state index in [-0.39, 0.29) is 76.0 Å². The molecule has 7 nitrogen and oxygen atoms in total. The van der Waals surface area contributed by atoms with E-state index in [0.717, 1.165) is 0 Å². The van der Waals surface area contributed by atoms with Crippen molar-refractivity contribution in [1.29, 1.82) is 0 Å². The maximum absolute atomic E-state index is 13.0. The predicted octanol–water partition coefficient (Wildman–Crippen LogP) is 0.338. The molecule has 136 valence electrons. The number of oxime groups is 1. The molecule has 0 aromatic heterocycles. The Hall–Kier alpha value is -0.304. The number of fused-ring (bicyclic) bond motifs is 1. The summed E-state index contributed by atoms with van der Waals surface area (Å²) in [5, 5.41) is 3.83. The Kier molecular flexibility index (Phi) is 8.05. The smallest absolute Gasteiger partial charge is 0.714 e. The second kappa shape index (κ2) is 9.46. The quantitative estimate of drug-likeness (QED) is 0.263. The normalized spacial score (nSPS) is 15.1. The van der Waals surface area contributed by atoms with E-state index in [1.165, 1.54) is 4.90 Å². The van der Waals surface area contributed by atoms with Gasteiger partial charge in [-0.1, -0.05) is 28.9 Å². The van der Waals surface area contributed by atoms with Crippen molar-refractivity contribution in [2.24, 2.45) is 5.16 Å². The Labute approximate surface area is 212 Å². The van der Waals surface area contributed by atoms with Gasteiger partial charge < -0.3 is 9.45 Å². The number of anilines is 1. The van der Waals surface area contributed by atoms with Crippen LogP contribution in [0.1, 0.15) is 22.3 Å². The molecule has 27 heavy (non-hydrogen) atoms. The van der Waals surface area contributed by atoms with E-state index in [0.29, 0.717) is 26.3 Å². The Bertz CT molecular complexity index is 1020. The summed E-state index contributed by atoms with van der Waals surface area (Å²) >= 11 is 9.41. The summed E-state index contributed by atoms with van der Waals surface area (Å²) < 4.78 is 36.6. The second-order valence-corrected chi connectivity index (χ2v) is 7.63. The van der Waals surface area contributed by atoms with Crippen LogP contribution in [0.3, 0.4) is 0 Å². The monoisotopic (exact) mass is 496 g/mol. The van der Waals surface area contributed by atoms with Gasteiger partial charge >= 0.3 is 51.4 Å². The van der Waals surface area contributed by atoms with E-state index < -0.39 is 10.4 Å². The first-order valence-corrected chi connectivity index (χ1v) is 9.84. The number of hydrogen-bond donors (Lipinski definition) is 0. The number of carbonyl (C=O) groups is 1. The molecule has 0 aliphatic carbocycles. The minimum atomic E-state index is -4.96. The Balaban J connectivity index is 0.00000261. The van der Waals surface area contributed by atoms with Gasteiger partial charge in [0.05, 0.1) is 17.0 Å². The average Bonchev–Trinajstić information content (AvgIpc) is 2.58. The molecule has 11 heteroatoms. The van der Waals surface area contributed by atoms with Crippen LogP contribution in [-0.2, 0) is 14.7 Å². The van der Waals surface area contributed by atoms with Crippen molar-refractivity contribution in [3.05, 3.63) is 63.1 Å². The summed E-state index contributed by atoms with van der Waals surface area (Å²) in [5.41, 5.74) is 1.63. The molecule has 0 fully saturated rings. The van der Waals surface area contributed by atoms with Crippen molar-refractivity contribution in [3.63, 3.8) is 0 Å². The molecular weight excluding hydrogens is 487 g/mol. The molecule has 1 amide bonds. The number of rotatable bonds is 3. The van der Waals surface area contributed by atoms with Gasteiger partial charge in [0.25, 0.3) is 16.3 Å². The molecule has 2 aromatic carbocycles. The van der Waals surface area contributed by atoms with Crippen molar-refractivity contribution < 1.29 is 73.4 Å². The maximum Gasteiger partial charge on any atom is 1.00 e. The van der Waals surface area contributed by atoms with Gasteiger partial charge in [-0.2, -0.15) is 8.42 Å². The first-order valence-electron chi connectivity index (χ1n) is 7.34. The van der Waals surface area contributed by atoms with E-state index in [1.807, 2.05) is 0 Å². The Morgan fingerprint density at radius 3 is 2.63 bits per heavy atom. The third-order valence-corrected chi connectivity index (χ3v) is 4.91. The molecular formula is C16H11BrClKN2O5S. The number of nitrogens with zero attached hydrogens (tertiary/aromatic N) is 2. The molecule has 1 aliphatic heterocycles. The van der Waals surface area contributed by atoms with Gasteiger partial charge in [0.2, 0.25) is 0 Å². The van der Waals surface area contributed by atoms with Crippen LogP contribution in [0.4, 0.5) is 5.69 Å². The number of amides is 1. The number of benzene rings is 2. The van der Waals surface area contributed by atoms with E-state index in [4.69, 9.17) is 11.6 Å². The summed E-state index contributed by atoms with van der Waals surface area (Å²) in [4.78, 5) is 14.5. The fraction of sp³-hybridized carbons (Fsp3) is 0.125. The zero-order valence-corrected chi connectivity index (χ0v) is 20.3. The van der Waals surface area contributed by atoms with Gasteiger partial charge in [0.1, 0.15) is 0 Å². The topological polar surface area (TPSA) is 99.1 Å². The molecule has 0 saturated heterocycles. The number of carbonyl (C=O) groups excluding carboxylic acids is 1. The molecule has 0 bridgehead atoms. The molecule has 3 rings (SSSR count). The van der Waals surface area contributed by atoms with Crippen LogP contribution in [0, 0.1) is 0 Å². The molecule has 0 radical (unpaired) electrons. The molecule has 0 spiro atoms. The summed E-state index contributed by atoms with van der Waals surface area (Å²) in [6.45, 7) is 0.217. The maximum atomic E-state index is 13.0. The zero-order chi connectivity index (χ0) is 18.9. The first kappa shape index (κ1) is 23.0. The van der Waals surface area contributed by atoms with Gasteiger partial charge in [-0.15, -0.1) is 0 Å². The third-order valence-electron chi connectivity index (χ3n) is 3.72. The van der Waals surface area contributed by atoms with Crippen LogP contribution < -0.4 is 56.3 Å². The van der Waals surface area contributed by atoms with E-state index in [1.54, 1.807) is 42.5 Å². The van der Waals surface area contributed by atoms with Crippen molar-refractivity contribution in [2.75, 3.05) is 11.4 Å². The number of halogens is 2. The summed E-state index contributed by atoms with van der Waals surface area (Å²) in [6.07, 6.45) is 0.209. The predicted molar refractivity (Wildman–Crippen MR) is 99.2 cm³/mol. The van der Waals surface area contributed by atoms with E-state index >= 15 is 0 Å². The van der Waals surface area contributed by atoms with E-state index in [2.05, 4.69) is 25.4 Å². The van der Waals surface area contributed by atoms with Crippen LogP contribution in [0.5, 0.6) is 0 Å². The van der Waals surface area contributed by atoms with Crippen molar-refractivity contribution in [2.45, 2.75) is 6.42 Å². The zero-order valence-electron chi connectivity index (χ0n) is 14.1. The van der Waals surface area contributed by atoms with Crippen molar-refractivity contribution in [1.82, 2.24) is 0 Å². The van der Waals surface area contributed by atoms with Crippen LogP contribution in [-0.4, -0.2) is 31.1 Å². The molecule has 0 unspecified atom stereocenters. The molecule has 0 N–H and O–H groups in total. The second-order valence-electron chi connectivity index (χ2n) is 5.37. The van der Waals surface area contributed by atoms with Gasteiger partial charge in [-0.05, 0) is 46.3 Å². The fourth-order valence-corrected chi connectivity index (χ4v) is 3.42. The van der Waals surface area contributed by atoms with E-state index in [9.17, 15) is 17.8 Å². The summed E-state index contributed by atoms with van der Waals surface area (Å²) in [6, 6.07) is 11.7. The summed E-state index contributed by atoms with van der Waals surface area (Å²) in [7, 11) is -4.96. The fourth-order valence-electron chi connectivity index (χ4n) is 2.62.